The Bertz CT molecular complexity index is 495. The molecular weight excluding hydrogens is 254 g/mol. The summed E-state index contributed by atoms with van der Waals surface area (Å²) >= 11 is 0. The summed E-state index contributed by atoms with van der Waals surface area (Å²) in [5, 5.41) is 2.35. The first-order valence-corrected chi connectivity index (χ1v) is 7.09. The molecule has 1 aromatic rings. The van der Waals surface area contributed by atoms with Crippen molar-refractivity contribution in [3.63, 3.8) is 0 Å². The van der Waals surface area contributed by atoms with E-state index < -0.39 is 0 Å². The number of hydrogen-bond acceptors (Lipinski definition) is 3. The molecule has 1 aromatic carbocycles. The Labute approximate surface area is 118 Å². The molecule has 20 heavy (non-hydrogen) atoms. The van der Waals surface area contributed by atoms with Crippen molar-refractivity contribution in [1.82, 2.24) is 15.1 Å². The molecule has 3 amide bonds. The highest BCUT2D eigenvalue weighted by molar-refractivity contribution is 6.02. The van der Waals surface area contributed by atoms with Gasteiger partial charge in [0.2, 0.25) is 5.91 Å². The maximum Gasteiger partial charge on any atom is 0.324 e. The van der Waals surface area contributed by atoms with Gasteiger partial charge in [-0.2, -0.15) is 0 Å². The Balaban J connectivity index is 1.52. The molecular formula is C15H19N3O2. The van der Waals surface area contributed by atoms with Crippen molar-refractivity contribution in [2.75, 3.05) is 19.6 Å². The van der Waals surface area contributed by atoms with Gasteiger partial charge >= 0.3 is 6.03 Å². The fourth-order valence-corrected chi connectivity index (χ4v) is 2.98. The van der Waals surface area contributed by atoms with Crippen LogP contribution in [-0.2, 0) is 11.3 Å². The van der Waals surface area contributed by atoms with Gasteiger partial charge in [-0.3, -0.25) is 15.0 Å². The van der Waals surface area contributed by atoms with Gasteiger partial charge in [-0.15, -0.1) is 0 Å². The predicted molar refractivity (Wildman–Crippen MR) is 75.0 cm³/mol. The molecule has 2 aliphatic rings. The van der Waals surface area contributed by atoms with Crippen molar-refractivity contribution in [2.45, 2.75) is 25.4 Å². The molecule has 1 N–H and O–H groups in total. The molecule has 5 nitrogen and oxygen atoms in total. The minimum Gasteiger partial charge on any atom is -0.312 e. The number of amides is 3. The number of likely N-dealkylation sites (tertiary alicyclic amines) is 1. The van der Waals surface area contributed by atoms with Gasteiger partial charge in [-0.05, 0) is 18.4 Å². The molecule has 2 heterocycles. The molecule has 2 aliphatic heterocycles. The molecule has 2 saturated heterocycles. The van der Waals surface area contributed by atoms with Crippen LogP contribution < -0.4 is 5.32 Å². The summed E-state index contributed by atoms with van der Waals surface area (Å²) in [4.78, 5) is 27.0. The molecule has 106 valence electrons. The molecule has 0 saturated carbocycles. The lowest BCUT2D eigenvalue weighted by Crippen LogP contribution is -2.45. The van der Waals surface area contributed by atoms with Crippen LogP contribution in [-0.4, -0.2) is 47.4 Å². The van der Waals surface area contributed by atoms with E-state index in [1.165, 1.54) is 5.56 Å². The lowest BCUT2D eigenvalue weighted by atomic mass is 10.0. The quantitative estimate of drug-likeness (QED) is 0.842. The van der Waals surface area contributed by atoms with Gasteiger partial charge in [0.1, 0.15) is 6.54 Å². The van der Waals surface area contributed by atoms with Gasteiger partial charge in [0, 0.05) is 25.7 Å². The second kappa shape index (κ2) is 5.63. The second-order valence-electron chi connectivity index (χ2n) is 5.47. The summed E-state index contributed by atoms with van der Waals surface area (Å²) in [6.45, 7) is 3.12. The second-order valence-corrected chi connectivity index (χ2v) is 5.47. The van der Waals surface area contributed by atoms with Gasteiger partial charge in [-0.25, -0.2) is 4.79 Å². The highest BCUT2D eigenvalue weighted by atomic mass is 16.2. The van der Waals surface area contributed by atoms with E-state index in [1.54, 1.807) is 4.90 Å². The van der Waals surface area contributed by atoms with Gasteiger partial charge < -0.3 is 4.90 Å². The minimum absolute atomic E-state index is 0.179. The third kappa shape index (κ3) is 2.82. The maximum absolute atomic E-state index is 11.6. The lowest BCUT2D eigenvalue weighted by molar-refractivity contribution is -0.118. The van der Waals surface area contributed by atoms with Crippen molar-refractivity contribution in [3.05, 3.63) is 35.9 Å². The Morgan fingerprint density at radius 1 is 1.10 bits per heavy atom. The van der Waals surface area contributed by atoms with E-state index in [1.807, 2.05) is 6.07 Å². The summed E-state index contributed by atoms with van der Waals surface area (Å²) in [6.07, 6.45) is 1.88. The van der Waals surface area contributed by atoms with E-state index in [0.717, 1.165) is 32.5 Å². The molecule has 0 spiro atoms. The average molecular weight is 273 g/mol. The van der Waals surface area contributed by atoms with E-state index >= 15 is 0 Å². The van der Waals surface area contributed by atoms with Crippen molar-refractivity contribution < 1.29 is 9.59 Å². The first-order chi connectivity index (χ1) is 9.72. The Morgan fingerprint density at radius 2 is 1.80 bits per heavy atom. The van der Waals surface area contributed by atoms with Crippen molar-refractivity contribution in [1.29, 1.82) is 0 Å². The number of imide groups is 1. The molecule has 0 bridgehead atoms. The van der Waals surface area contributed by atoms with Crippen molar-refractivity contribution >= 4 is 11.9 Å². The van der Waals surface area contributed by atoms with Crippen LogP contribution in [0.5, 0.6) is 0 Å². The zero-order valence-electron chi connectivity index (χ0n) is 11.4. The maximum atomic E-state index is 11.6. The normalized spacial score (nSPS) is 21.3. The summed E-state index contributed by atoms with van der Waals surface area (Å²) in [7, 11) is 0. The number of nitrogens with one attached hydrogen (secondary N) is 1. The van der Waals surface area contributed by atoms with Gasteiger partial charge in [0.15, 0.2) is 0 Å². The van der Waals surface area contributed by atoms with Crippen LogP contribution in [0.25, 0.3) is 0 Å². The number of rotatable bonds is 3. The number of hydrogen-bond donors (Lipinski definition) is 1. The SMILES string of the molecule is O=C1CN(C2CCN(Cc3ccccc3)CC2)C(=O)N1. The number of nitrogens with zero attached hydrogens (tertiary/aromatic N) is 2. The third-order valence-corrected chi connectivity index (χ3v) is 4.07. The van der Waals surface area contributed by atoms with E-state index in [-0.39, 0.29) is 24.5 Å². The summed E-state index contributed by atoms with van der Waals surface area (Å²) < 4.78 is 0. The molecule has 0 radical (unpaired) electrons. The molecule has 5 heteroatoms. The number of benzene rings is 1. The van der Waals surface area contributed by atoms with Crippen LogP contribution in [0, 0.1) is 0 Å². The van der Waals surface area contributed by atoms with E-state index in [0.29, 0.717) is 0 Å². The first kappa shape index (κ1) is 13.1. The van der Waals surface area contributed by atoms with Crippen LogP contribution in [0.2, 0.25) is 0 Å². The van der Waals surface area contributed by atoms with Gasteiger partial charge in [0.25, 0.3) is 0 Å². The molecule has 2 fully saturated rings. The zero-order chi connectivity index (χ0) is 13.9. The van der Waals surface area contributed by atoms with Crippen LogP contribution in [0.4, 0.5) is 4.79 Å². The molecule has 3 rings (SSSR count). The fourth-order valence-electron chi connectivity index (χ4n) is 2.98. The largest absolute Gasteiger partial charge is 0.324 e. The van der Waals surface area contributed by atoms with E-state index in [2.05, 4.69) is 34.5 Å². The van der Waals surface area contributed by atoms with Gasteiger partial charge in [-0.1, -0.05) is 30.3 Å². The third-order valence-electron chi connectivity index (χ3n) is 4.07. The summed E-state index contributed by atoms with van der Waals surface area (Å²) in [6, 6.07) is 10.4. The van der Waals surface area contributed by atoms with Gasteiger partial charge in [0.05, 0.1) is 0 Å². The topological polar surface area (TPSA) is 52.7 Å². The smallest absolute Gasteiger partial charge is 0.312 e. The van der Waals surface area contributed by atoms with Crippen LogP contribution >= 0.6 is 0 Å². The summed E-state index contributed by atoms with van der Waals surface area (Å²) in [5.41, 5.74) is 1.32. The molecule has 0 aromatic heterocycles. The predicted octanol–water partition coefficient (Wildman–Crippen LogP) is 1.20. The van der Waals surface area contributed by atoms with Crippen LogP contribution in [0.1, 0.15) is 18.4 Å². The van der Waals surface area contributed by atoms with Crippen LogP contribution in [0.15, 0.2) is 30.3 Å². The van der Waals surface area contributed by atoms with Crippen molar-refractivity contribution in [3.8, 4) is 0 Å². The highest BCUT2D eigenvalue weighted by Crippen LogP contribution is 2.19. The lowest BCUT2D eigenvalue weighted by Gasteiger charge is -2.35. The first-order valence-electron chi connectivity index (χ1n) is 7.09. The van der Waals surface area contributed by atoms with Crippen LogP contribution in [0.3, 0.4) is 0 Å². The zero-order valence-corrected chi connectivity index (χ0v) is 11.4. The van der Waals surface area contributed by atoms with Crippen molar-refractivity contribution in [2.24, 2.45) is 0 Å². The number of carbonyl (C=O) groups is 2. The fraction of sp³-hybridized carbons (Fsp3) is 0.467. The number of carbonyl (C=O) groups excluding carboxylic acids is 2. The number of urea groups is 1. The molecule has 0 unspecified atom stereocenters. The van der Waals surface area contributed by atoms with E-state index in [9.17, 15) is 9.59 Å². The molecule has 0 atom stereocenters. The number of piperidine rings is 1. The minimum atomic E-state index is -0.225. The summed E-state index contributed by atoms with van der Waals surface area (Å²) in [5.74, 6) is -0.179. The monoisotopic (exact) mass is 273 g/mol. The Kier molecular flexibility index (Phi) is 3.69. The Morgan fingerprint density at radius 3 is 2.40 bits per heavy atom. The highest BCUT2D eigenvalue weighted by Gasteiger charge is 2.34. The Hall–Kier alpha value is -1.88. The molecule has 0 aliphatic carbocycles. The average Bonchev–Trinajstić information content (AvgIpc) is 2.80. The standard InChI is InChI=1S/C15H19N3O2/c19-14-11-18(15(20)16-14)13-6-8-17(9-7-13)10-12-4-2-1-3-5-12/h1-5,13H,6-11H2,(H,16,19,20). The van der Waals surface area contributed by atoms with E-state index in [4.69, 9.17) is 0 Å².